The first-order valence-electron chi connectivity index (χ1n) is 8.48. The molecule has 5 rings (SSSR count). The highest BCUT2D eigenvalue weighted by molar-refractivity contribution is 5.14. The summed E-state index contributed by atoms with van der Waals surface area (Å²) >= 11 is 0. The quantitative estimate of drug-likeness (QED) is 0.738. The molecule has 1 aromatic carbocycles. The Bertz CT molecular complexity index is 527. The molecule has 0 bridgehead atoms. The van der Waals surface area contributed by atoms with Crippen LogP contribution >= 0.6 is 0 Å². The van der Waals surface area contributed by atoms with Crippen molar-refractivity contribution in [2.45, 2.75) is 18.9 Å². The monoisotopic (exact) mass is 285 g/mol. The van der Waals surface area contributed by atoms with E-state index in [2.05, 4.69) is 45.0 Å². The van der Waals surface area contributed by atoms with Crippen LogP contribution in [0.1, 0.15) is 5.56 Å². The van der Waals surface area contributed by atoms with Crippen molar-refractivity contribution in [1.82, 2.24) is 14.7 Å². The van der Waals surface area contributed by atoms with E-state index in [0.717, 1.165) is 6.17 Å². The first-order chi connectivity index (χ1) is 10.4. The fraction of sp³-hybridized carbons (Fsp3) is 0.647. The summed E-state index contributed by atoms with van der Waals surface area (Å²) in [5, 5.41) is 0. The summed E-state index contributed by atoms with van der Waals surface area (Å²) in [5.74, 6) is 0. The highest BCUT2D eigenvalue weighted by Crippen LogP contribution is 2.40. The first kappa shape index (κ1) is 12.6. The van der Waals surface area contributed by atoms with Crippen molar-refractivity contribution in [2.75, 3.05) is 52.4 Å². The predicted molar refractivity (Wildman–Crippen MR) is 82.4 cm³/mol. The average molecular weight is 285 g/mol. The summed E-state index contributed by atoms with van der Waals surface area (Å²) in [4.78, 5) is 8.30. The van der Waals surface area contributed by atoms with Gasteiger partial charge in [0.1, 0.15) is 12.7 Å². The van der Waals surface area contributed by atoms with Gasteiger partial charge in [-0.05, 0) is 0 Å². The van der Waals surface area contributed by atoms with Crippen molar-refractivity contribution >= 4 is 0 Å². The van der Waals surface area contributed by atoms with Gasteiger partial charge in [-0.1, -0.05) is 30.3 Å². The summed E-state index contributed by atoms with van der Waals surface area (Å²) in [6.07, 6.45) is 1.41. The maximum Gasteiger partial charge on any atom is 0.175 e. The van der Waals surface area contributed by atoms with Crippen LogP contribution in [0.15, 0.2) is 30.3 Å². The molecule has 4 saturated heterocycles. The van der Waals surface area contributed by atoms with Crippen LogP contribution in [0.3, 0.4) is 0 Å². The molecular weight excluding hydrogens is 260 g/mol. The van der Waals surface area contributed by atoms with E-state index in [1.54, 1.807) is 0 Å². The second kappa shape index (κ2) is 4.53. The fourth-order valence-electron chi connectivity index (χ4n) is 5.30. The van der Waals surface area contributed by atoms with E-state index in [0.29, 0.717) is 6.17 Å². The molecule has 1 aromatic rings. The summed E-state index contributed by atoms with van der Waals surface area (Å²) in [7, 11) is 0. The molecule has 112 valence electrons. The van der Waals surface area contributed by atoms with Crippen molar-refractivity contribution in [3.05, 3.63) is 35.9 Å². The summed E-state index contributed by atoms with van der Waals surface area (Å²) in [6.45, 7) is 11.6. The van der Waals surface area contributed by atoms with E-state index in [9.17, 15) is 0 Å². The van der Waals surface area contributed by atoms with Gasteiger partial charge in [0.05, 0.1) is 19.6 Å². The van der Waals surface area contributed by atoms with Crippen LogP contribution in [0.4, 0.5) is 0 Å². The van der Waals surface area contributed by atoms with Crippen LogP contribution in [0.5, 0.6) is 0 Å². The van der Waals surface area contributed by atoms with Gasteiger partial charge < -0.3 is 4.48 Å². The number of hydrogen-bond donors (Lipinski definition) is 0. The number of piperazine rings is 2. The second-order valence-electron chi connectivity index (χ2n) is 7.24. The molecule has 0 aliphatic carbocycles. The zero-order valence-corrected chi connectivity index (χ0v) is 12.7. The summed E-state index contributed by atoms with van der Waals surface area (Å²) in [5.41, 5.74) is 1.52. The Morgan fingerprint density at radius 1 is 0.810 bits per heavy atom. The molecule has 3 atom stereocenters. The van der Waals surface area contributed by atoms with E-state index >= 15 is 0 Å². The lowest BCUT2D eigenvalue weighted by Crippen LogP contribution is -2.73. The largest absolute Gasteiger partial charge is 0.300 e. The van der Waals surface area contributed by atoms with Gasteiger partial charge in [-0.2, -0.15) is 0 Å². The lowest BCUT2D eigenvalue weighted by atomic mass is 10.1. The minimum atomic E-state index is 0.693. The summed E-state index contributed by atoms with van der Waals surface area (Å²) < 4.78 is 1.31. The van der Waals surface area contributed by atoms with E-state index in [4.69, 9.17) is 0 Å². The number of rotatable bonds is 2. The molecule has 4 fully saturated rings. The summed E-state index contributed by atoms with van der Waals surface area (Å²) in [6, 6.07) is 11.2. The molecular formula is C17H25N4+. The van der Waals surface area contributed by atoms with Crippen LogP contribution < -0.4 is 0 Å². The van der Waals surface area contributed by atoms with E-state index < -0.39 is 0 Å². The van der Waals surface area contributed by atoms with Gasteiger partial charge >= 0.3 is 0 Å². The third-order valence-corrected chi connectivity index (χ3v) is 6.30. The Morgan fingerprint density at radius 3 is 2.19 bits per heavy atom. The van der Waals surface area contributed by atoms with Crippen LogP contribution in [0.25, 0.3) is 0 Å². The highest BCUT2D eigenvalue weighted by atomic mass is 15.6. The minimum absolute atomic E-state index is 0.693. The van der Waals surface area contributed by atoms with Crippen molar-refractivity contribution in [1.29, 1.82) is 0 Å². The van der Waals surface area contributed by atoms with Crippen molar-refractivity contribution in [3.63, 3.8) is 0 Å². The smallest absolute Gasteiger partial charge is 0.175 e. The Balaban J connectivity index is 1.51. The molecule has 0 saturated carbocycles. The Morgan fingerprint density at radius 2 is 1.43 bits per heavy atom. The minimum Gasteiger partial charge on any atom is -0.300 e. The van der Waals surface area contributed by atoms with E-state index in [-0.39, 0.29) is 0 Å². The molecule has 0 amide bonds. The Kier molecular flexibility index (Phi) is 2.71. The molecule has 0 spiro atoms. The van der Waals surface area contributed by atoms with Crippen LogP contribution in [-0.2, 0) is 6.54 Å². The lowest BCUT2D eigenvalue weighted by molar-refractivity contribution is -0.966. The van der Waals surface area contributed by atoms with E-state index in [1.807, 2.05) is 0 Å². The molecule has 0 radical (unpaired) electrons. The number of quaternary nitrogens is 1. The third-order valence-electron chi connectivity index (χ3n) is 6.30. The molecule has 4 aliphatic heterocycles. The topological polar surface area (TPSA) is 9.72 Å². The maximum absolute atomic E-state index is 2.79. The molecule has 4 aliphatic rings. The van der Waals surface area contributed by atoms with E-state index in [1.165, 1.54) is 68.9 Å². The Hall–Kier alpha value is -0.940. The molecule has 4 heteroatoms. The van der Waals surface area contributed by atoms with Crippen LogP contribution in [-0.4, -0.2) is 83.9 Å². The van der Waals surface area contributed by atoms with Crippen LogP contribution in [0, 0.1) is 0 Å². The zero-order chi connectivity index (χ0) is 13.9. The first-order valence-corrected chi connectivity index (χ1v) is 8.48. The fourth-order valence-corrected chi connectivity index (χ4v) is 5.30. The number of nitrogens with zero attached hydrogens (tertiary/aromatic N) is 4. The van der Waals surface area contributed by atoms with Crippen molar-refractivity contribution in [3.8, 4) is 0 Å². The predicted octanol–water partition coefficient (Wildman–Crippen LogP) is 0.616. The molecule has 21 heavy (non-hydrogen) atoms. The SMILES string of the molecule is c1ccc(C[N+]23CCN4CCN5CCN(CC2)C3C54)cc1. The Labute approximate surface area is 127 Å². The normalized spacial score (nSPS) is 39.6. The molecule has 4 nitrogen and oxygen atoms in total. The van der Waals surface area contributed by atoms with Gasteiger partial charge in [0.15, 0.2) is 6.17 Å². The molecule has 0 aromatic heterocycles. The molecule has 4 heterocycles. The number of benzene rings is 1. The molecule has 0 N–H and O–H groups in total. The van der Waals surface area contributed by atoms with Gasteiger partial charge in [-0.3, -0.25) is 9.80 Å². The lowest BCUT2D eigenvalue weighted by Gasteiger charge is -2.54. The zero-order valence-electron chi connectivity index (χ0n) is 12.7. The van der Waals surface area contributed by atoms with Gasteiger partial charge in [0.2, 0.25) is 0 Å². The number of hydrogen-bond acceptors (Lipinski definition) is 3. The van der Waals surface area contributed by atoms with Gasteiger partial charge in [0.25, 0.3) is 0 Å². The van der Waals surface area contributed by atoms with Crippen molar-refractivity contribution < 1.29 is 4.48 Å². The van der Waals surface area contributed by atoms with Crippen molar-refractivity contribution in [2.24, 2.45) is 0 Å². The van der Waals surface area contributed by atoms with Gasteiger partial charge in [-0.25, -0.2) is 4.90 Å². The average Bonchev–Trinajstić information content (AvgIpc) is 3.09. The highest BCUT2D eigenvalue weighted by Gasteiger charge is 2.60. The standard InChI is InChI=1S/C17H25N4/c1-2-4-15(5-3-1)14-21-12-10-19-7-6-18-8-9-20(11-13-21)17(21)16(18)19/h1-5,16-17H,6-14H2/q+1. The molecule has 3 unspecified atom stereocenters. The third kappa shape index (κ3) is 1.77. The van der Waals surface area contributed by atoms with Crippen LogP contribution in [0.2, 0.25) is 0 Å². The van der Waals surface area contributed by atoms with Gasteiger partial charge in [0, 0.05) is 38.3 Å². The van der Waals surface area contributed by atoms with Gasteiger partial charge in [-0.15, -0.1) is 0 Å². The second-order valence-corrected chi connectivity index (χ2v) is 7.24. The maximum atomic E-state index is 2.79.